The summed E-state index contributed by atoms with van der Waals surface area (Å²) >= 11 is 5.86. The molecule has 26 heavy (non-hydrogen) atoms. The van der Waals surface area contributed by atoms with Gasteiger partial charge in [-0.2, -0.15) is 0 Å². The van der Waals surface area contributed by atoms with Gasteiger partial charge in [-0.25, -0.2) is 9.97 Å². The molecule has 0 saturated heterocycles. The van der Waals surface area contributed by atoms with Crippen molar-refractivity contribution in [3.8, 4) is 0 Å². The Kier molecular flexibility index (Phi) is 4.43. The third-order valence-electron chi connectivity index (χ3n) is 4.50. The van der Waals surface area contributed by atoms with Crippen molar-refractivity contribution in [3.05, 3.63) is 87.7 Å². The third-order valence-corrected chi connectivity index (χ3v) is 4.72. The van der Waals surface area contributed by atoms with Crippen molar-refractivity contribution >= 4 is 22.6 Å². The highest BCUT2D eigenvalue weighted by Gasteiger charge is 2.10. The molecule has 0 saturated carbocycles. The maximum Gasteiger partial charge on any atom is 0.137 e. The lowest BCUT2D eigenvalue weighted by Crippen LogP contribution is -1.99. The van der Waals surface area contributed by atoms with Crippen LogP contribution in [-0.4, -0.2) is 19.9 Å². The first kappa shape index (κ1) is 16.7. The Labute approximate surface area is 157 Å². The van der Waals surface area contributed by atoms with Crippen LogP contribution in [0.4, 0.5) is 0 Å². The van der Waals surface area contributed by atoms with Gasteiger partial charge in [0.25, 0.3) is 0 Å². The first-order chi connectivity index (χ1) is 12.6. The van der Waals surface area contributed by atoms with E-state index in [1.54, 1.807) is 12.3 Å². The summed E-state index contributed by atoms with van der Waals surface area (Å²) in [6.07, 6.45) is 10.4. The number of hydrogen-bond acceptors (Lipinski definition) is 3. The SMILES string of the molecule is Cc1cnc2[nH]cc(Cc3cc(Cc4ccc(Cl)nc4)[c]nc3C)c2c1. The van der Waals surface area contributed by atoms with Crippen LogP contribution in [0, 0.1) is 20.0 Å². The number of aromatic nitrogens is 4. The summed E-state index contributed by atoms with van der Waals surface area (Å²) in [4.78, 5) is 16.3. The zero-order chi connectivity index (χ0) is 18.1. The molecular formula is C21H18ClN4. The highest BCUT2D eigenvalue weighted by molar-refractivity contribution is 6.29. The van der Waals surface area contributed by atoms with Crippen LogP contribution in [0.5, 0.6) is 0 Å². The van der Waals surface area contributed by atoms with E-state index >= 15 is 0 Å². The zero-order valence-corrected chi connectivity index (χ0v) is 15.4. The van der Waals surface area contributed by atoms with Crippen LogP contribution in [-0.2, 0) is 12.8 Å². The minimum absolute atomic E-state index is 0.503. The number of pyridine rings is 3. The van der Waals surface area contributed by atoms with Gasteiger partial charge in [0.1, 0.15) is 10.8 Å². The summed E-state index contributed by atoms with van der Waals surface area (Å²) in [6.45, 7) is 4.09. The van der Waals surface area contributed by atoms with E-state index in [1.807, 2.05) is 25.4 Å². The normalized spacial score (nSPS) is 11.2. The number of nitrogens with zero attached hydrogens (tertiary/aromatic N) is 3. The molecule has 4 aromatic heterocycles. The molecule has 5 heteroatoms. The molecule has 0 aliphatic heterocycles. The van der Waals surface area contributed by atoms with E-state index in [2.05, 4.69) is 45.2 Å². The van der Waals surface area contributed by atoms with Gasteiger partial charge in [0.05, 0.1) is 6.20 Å². The Balaban J connectivity index is 1.63. The average molecular weight is 362 g/mol. The Hall–Kier alpha value is -2.72. The van der Waals surface area contributed by atoms with Crippen LogP contribution in [0.3, 0.4) is 0 Å². The second kappa shape index (κ2) is 6.89. The molecule has 0 aliphatic rings. The van der Waals surface area contributed by atoms with Crippen LogP contribution in [0.15, 0.2) is 42.9 Å². The molecule has 4 aromatic rings. The van der Waals surface area contributed by atoms with Gasteiger partial charge in [-0.05, 0) is 53.8 Å². The van der Waals surface area contributed by atoms with E-state index in [1.165, 1.54) is 16.5 Å². The quantitative estimate of drug-likeness (QED) is 0.540. The first-order valence-corrected chi connectivity index (χ1v) is 8.86. The van der Waals surface area contributed by atoms with Gasteiger partial charge in [-0.3, -0.25) is 4.98 Å². The molecule has 0 unspecified atom stereocenters. The Bertz CT molecular complexity index is 1070. The lowest BCUT2D eigenvalue weighted by atomic mass is 10.00. The van der Waals surface area contributed by atoms with Gasteiger partial charge in [-0.15, -0.1) is 0 Å². The molecule has 0 aromatic carbocycles. The lowest BCUT2D eigenvalue weighted by molar-refractivity contribution is 1.03. The van der Waals surface area contributed by atoms with Crippen molar-refractivity contribution in [2.24, 2.45) is 0 Å². The molecule has 1 N–H and O–H groups in total. The number of rotatable bonds is 4. The summed E-state index contributed by atoms with van der Waals surface area (Å²) in [6, 6.07) is 8.14. The number of aromatic amines is 1. The predicted molar refractivity (Wildman–Crippen MR) is 103 cm³/mol. The number of nitrogens with one attached hydrogen (secondary N) is 1. The smallest absolute Gasteiger partial charge is 0.137 e. The van der Waals surface area contributed by atoms with Gasteiger partial charge in [0.2, 0.25) is 0 Å². The van der Waals surface area contributed by atoms with Crippen molar-refractivity contribution in [2.45, 2.75) is 26.7 Å². The third kappa shape index (κ3) is 3.46. The van der Waals surface area contributed by atoms with E-state index in [-0.39, 0.29) is 0 Å². The number of aryl methyl sites for hydroxylation is 2. The molecule has 1 radical (unpaired) electrons. The first-order valence-electron chi connectivity index (χ1n) is 8.48. The van der Waals surface area contributed by atoms with Gasteiger partial charge >= 0.3 is 0 Å². The Morgan fingerprint density at radius 3 is 2.73 bits per heavy atom. The van der Waals surface area contributed by atoms with Gasteiger partial charge in [0, 0.05) is 42.5 Å². The maximum atomic E-state index is 5.86. The van der Waals surface area contributed by atoms with Gasteiger partial charge < -0.3 is 4.98 Å². The number of H-pyrrole nitrogens is 1. The molecule has 0 spiro atoms. The Morgan fingerprint density at radius 1 is 1.04 bits per heavy atom. The minimum atomic E-state index is 0.503. The molecule has 0 amide bonds. The fourth-order valence-electron chi connectivity index (χ4n) is 3.09. The number of fused-ring (bicyclic) bond motifs is 1. The maximum absolute atomic E-state index is 5.86. The Morgan fingerprint density at radius 2 is 1.92 bits per heavy atom. The number of halogens is 1. The minimum Gasteiger partial charge on any atom is -0.346 e. The van der Waals surface area contributed by atoms with Gasteiger partial charge in [-0.1, -0.05) is 23.7 Å². The van der Waals surface area contributed by atoms with Crippen molar-refractivity contribution in [2.75, 3.05) is 0 Å². The highest BCUT2D eigenvalue weighted by Crippen LogP contribution is 2.22. The molecule has 4 rings (SSSR count). The molecule has 4 nitrogen and oxygen atoms in total. The summed E-state index contributed by atoms with van der Waals surface area (Å²) in [5.41, 5.74) is 7.64. The largest absolute Gasteiger partial charge is 0.346 e. The zero-order valence-electron chi connectivity index (χ0n) is 14.7. The monoisotopic (exact) mass is 361 g/mol. The van der Waals surface area contributed by atoms with Crippen LogP contribution in [0.1, 0.15) is 33.5 Å². The average Bonchev–Trinajstić information content (AvgIpc) is 3.02. The summed E-state index contributed by atoms with van der Waals surface area (Å²) < 4.78 is 0. The van der Waals surface area contributed by atoms with E-state index in [9.17, 15) is 0 Å². The summed E-state index contributed by atoms with van der Waals surface area (Å²) in [5, 5.41) is 1.67. The second-order valence-corrected chi connectivity index (χ2v) is 6.96. The molecule has 0 aliphatic carbocycles. The van der Waals surface area contributed by atoms with E-state index in [4.69, 9.17) is 11.6 Å². The summed E-state index contributed by atoms with van der Waals surface area (Å²) in [5.74, 6) is 0. The van der Waals surface area contributed by atoms with Crippen LogP contribution in [0.2, 0.25) is 5.15 Å². The summed E-state index contributed by atoms with van der Waals surface area (Å²) in [7, 11) is 0. The van der Waals surface area contributed by atoms with Crippen molar-refractivity contribution in [1.29, 1.82) is 0 Å². The fraction of sp³-hybridized carbons (Fsp3) is 0.190. The topological polar surface area (TPSA) is 54.5 Å². The van der Waals surface area contributed by atoms with Crippen molar-refractivity contribution in [3.63, 3.8) is 0 Å². The molecule has 4 heterocycles. The highest BCUT2D eigenvalue weighted by atomic mass is 35.5. The molecule has 0 fully saturated rings. The van der Waals surface area contributed by atoms with Crippen LogP contribution in [0.25, 0.3) is 11.0 Å². The second-order valence-electron chi connectivity index (χ2n) is 6.57. The molecule has 129 valence electrons. The van der Waals surface area contributed by atoms with E-state index in [0.717, 1.165) is 40.9 Å². The standard InChI is InChI=1S/C21H18ClN4/c1-13-5-19-18(12-26-21(19)25-9-13)8-17-7-16(11-23-14(17)2)6-15-3-4-20(22)24-10-15/h3-5,7,9-10,12H,6,8H2,1-2H3,(H,25,26). The predicted octanol–water partition coefficient (Wildman–Crippen LogP) is 4.60. The van der Waals surface area contributed by atoms with Crippen molar-refractivity contribution in [1.82, 2.24) is 19.9 Å². The van der Waals surface area contributed by atoms with E-state index < -0.39 is 0 Å². The lowest BCUT2D eigenvalue weighted by Gasteiger charge is -2.08. The molecule has 0 atom stereocenters. The van der Waals surface area contributed by atoms with Crippen molar-refractivity contribution < 1.29 is 0 Å². The van der Waals surface area contributed by atoms with E-state index in [0.29, 0.717) is 5.15 Å². The fourth-order valence-corrected chi connectivity index (χ4v) is 3.20. The van der Waals surface area contributed by atoms with Crippen LogP contribution < -0.4 is 0 Å². The van der Waals surface area contributed by atoms with Gasteiger partial charge in [0.15, 0.2) is 0 Å². The number of hydrogen-bond donors (Lipinski definition) is 1. The van der Waals surface area contributed by atoms with Crippen LogP contribution >= 0.6 is 11.6 Å². The molecule has 0 bridgehead atoms. The molecular weight excluding hydrogens is 344 g/mol.